The minimum absolute atomic E-state index is 0.776. The quantitative estimate of drug-likeness (QED) is 0.331. The van der Waals surface area contributed by atoms with E-state index < -0.39 is 0 Å². The Morgan fingerprint density at radius 3 is 1.27 bits per heavy atom. The lowest BCUT2D eigenvalue weighted by Gasteiger charge is -2.10. The molecular formula is C24H36N2. The van der Waals surface area contributed by atoms with E-state index in [-0.39, 0.29) is 0 Å². The fraction of sp³-hybridized carbons (Fsp3) is 0.667. The van der Waals surface area contributed by atoms with Crippen molar-refractivity contribution in [2.24, 2.45) is 0 Å². The molecule has 0 spiro atoms. The number of nitriles is 2. The summed E-state index contributed by atoms with van der Waals surface area (Å²) in [5.41, 5.74) is 3.68. The molecule has 0 saturated heterocycles. The molecule has 0 heterocycles. The smallest absolute Gasteiger partial charge is 0.0994 e. The van der Waals surface area contributed by atoms with Crippen LogP contribution in [0.4, 0.5) is 0 Å². The first-order valence-corrected chi connectivity index (χ1v) is 10.7. The van der Waals surface area contributed by atoms with Crippen LogP contribution in [0, 0.1) is 22.7 Å². The van der Waals surface area contributed by atoms with Gasteiger partial charge in [-0.05, 0) is 48.9 Å². The highest BCUT2D eigenvalue weighted by atomic mass is 14.3. The number of hydrogen-bond acceptors (Lipinski definition) is 2. The minimum Gasteiger partial charge on any atom is -0.192 e. The maximum Gasteiger partial charge on any atom is 0.0994 e. The van der Waals surface area contributed by atoms with Crippen molar-refractivity contribution in [1.29, 1.82) is 10.5 Å². The summed E-state index contributed by atoms with van der Waals surface area (Å²) in [6.45, 7) is 4.46. The molecule has 0 radical (unpaired) electrons. The Kier molecular flexibility index (Phi) is 12.3. The molecule has 0 aromatic heterocycles. The monoisotopic (exact) mass is 352 g/mol. The summed E-state index contributed by atoms with van der Waals surface area (Å²) in [5.74, 6) is 0. The average molecular weight is 353 g/mol. The van der Waals surface area contributed by atoms with Gasteiger partial charge in [-0.25, -0.2) is 0 Å². The van der Waals surface area contributed by atoms with Crippen LogP contribution < -0.4 is 0 Å². The molecule has 0 saturated carbocycles. The number of rotatable bonds is 14. The lowest BCUT2D eigenvalue weighted by atomic mass is 9.93. The van der Waals surface area contributed by atoms with Gasteiger partial charge in [0.05, 0.1) is 23.3 Å². The van der Waals surface area contributed by atoms with Crippen molar-refractivity contribution >= 4 is 0 Å². The predicted molar refractivity (Wildman–Crippen MR) is 110 cm³/mol. The number of unbranched alkanes of at least 4 members (excludes halogenated alkanes) is 10. The van der Waals surface area contributed by atoms with Crippen LogP contribution in [0.15, 0.2) is 12.1 Å². The molecule has 1 aromatic rings. The van der Waals surface area contributed by atoms with Gasteiger partial charge < -0.3 is 0 Å². The number of hydrogen-bond donors (Lipinski definition) is 0. The first-order chi connectivity index (χ1) is 12.8. The molecule has 0 aliphatic heterocycles. The first kappa shape index (κ1) is 22.2. The van der Waals surface area contributed by atoms with Crippen LogP contribution in [0.25, 0.3) is 0 Å². The third-order valence-electron chi connectivity index (χ3n) is 5.17. The van der Waals surface area contributed by atoms with Crippen LogP contribution >= 0.6 is 0 Å². The summed E-state index contributed by atoms with van der Waals surface area (Å²) in [6.07, 6.45) is 16.8. The summed E-state index contributed by atoms with van der Waals surface area (Å²) >= 11 is 0. The first-order valence-electron chi connectivity index (χ1n) is 10.7. The molecular weight excluding hydrogens is 316 g/mol. The molecule has 26 heavy (non-hydrogen) atoms. The van der Waals surface area contributed by atoms with Crippen molar-refractivity contribution in [3.8, 4) is 12.1 Å². The molecule has 0 amide bonds. The maximum atomic E-state index is 9.51. The van der Waals surface area contributed by atoms with Gasteiger partial charge in [0.25, 0.3) is 0 Å². The van der Waals surface area contributed by atoms with Crippen LogP contribution in [0.5, 0.6) is 0 Å². The third-order valence-corrected chi connectivity index (χ3v) is 5.17. The van der Waals surface area contributed by atoms with E-state index in [1.165, 1.54) is 64.2 Å². The van der Waals surface area contributed by atoms with Crippen LogP contribution in [0.2, 0.25) is 0 Å². The van der Waals surface area contributed by atoms with E-state index in [0.29, 0.717) is 0 Å². The molecule has 0 aliphatic carbocycles. The number of nitrogens with zero attached hydrogens (tertiary/aromatic N) is 2. The maximum absolute atomic E-state index is 9.51. The van der Waals surface area contributed by atoms with Crippen molar-refractivity contribution in [1.82, 2.24) is 0 Å². The second-order valence-corrected chi connectivity index (χ2v) is 7.43. The van der Waals surface area contributed by atoms with Gasteiger partial charge in [0, 0.05) is 0 Å². The summed E-state index contributed by atoms with van der Waals surface area (Å²) in [5, 5.41) is 19.0. The van der Waals surface area contributed by atoms with E-state index in [9.17, 15) is 10.5 Å². The minimum atomic E-state index is 0.776. The van der Waals surface area contributed by atoms with Crippen LogP contribution in [0.1, 0.15) is 113 Å². The average Bonchev–Trinajstić information content (AvgIpc) is 2.67. The Bertz CT molecular complexity index is 536. The van der Waals surface area contributed by atoms with Crippen molar-refractivity contribution in [2.75, 3.05) is 0 Å². The largest absolute Gasteiger partial charge is 0.192 e. The van der Waals surface area contributed by atoms with Gasteiger partial charge in [0.1, 0.15) is 0 Å². The normalized spacial score (nSPS) is 10.5. The molecule has 1 aromatic carbocycles. The lowest BCUT2D eigenvalue weighted by molar-refractivity contribution is 0.605. The molecule has 142 valence electrons. The van der Waals surface area contributed by atoms with Gasteiger partial charge in [-0.15, -0.1) is 0 Å². The molecule has 0 N–H and O–H groups in total. The Morgan fingerprint density at radius 2 is 0.923 bits per heavy atom. The third kappa shape index (κ3) is 8.53. The molecule has 0 bridgehead atoms. The fourth-order valence-corrected chi connectivity index (χ4v) is 3.50. The van der Waals surface area contributed by atoms with Crippen LogP contribution in [-0.2, 0) is 12.8 Å². The predicted octanol–water partition coefficient (Wildman–Crippen LogP) is 7.24. The summed E-state index contributed by atoms with van der Waals surface area (Å²) < 4.78 is 0. The van der Waals surface area contributed by atoms with E-state index in [1.54, 1.807) is 0 Å². The molecule has 0 atom stereocenters. The van der Waals surface area contributed by atoms with Gasteiger partial charge in [0.2, 0.25) is 0 Å². The number of aryl methyl sites for hydroxylation is 2. The molecule has 0 unspecified atom stereocenters. The van der Waals surface area contributed by atoms with Gasteiger partial charge in [0.15, 0.2) is 0 Å². The Hall–Kier alpha value is -1.80. The zero-order chi connectivity index (χ0) is 19.0. The highest BCUT2D eigenvalue weighted by molar-refractivity contribution is 5.49. The Morgan fingerprint density at radius 1 is 0.577 bits per heavy atom. The molecule has 0 fully saturated rings. The van der Waals surface area contributed by atoms with Crippen molar-refractivity contribution in [3.63, 3.8) is 0 Å². The van der Waals surface area contributed by atoms with Crippen LogP contribution in [0.3, 0.4) is 0 Å². The van der Waals surface area contributed by atoms with E-state index in [2.05, 4.69) is 26.0 Å². The van der Waals surface area contributed by atoms with Crippen molar-refractivity contribution in [3.05, 3.63) is 34.4 Å². The Balaban J connectivity index is 2.57. The zero-order valence-corrected chi connectivity index (χ0v) is 16.9. The van der Waals surface area contributed by atoms with Crippen LogP contribution in [-0.4, -0.2) is 0 Å². The topological polar surface area (TPSA) is 47.6 Å². The molecule has 2 nitrogen and oxygen atoms in total. The summed E-state index contributed by atoms with van der Waals surface area (Å²) in [4.78, 5) is 0. The van der Waals surface area contributed by atoms with Gasteiger partial charge >= 0.3 is 0 Å². The Labute approximate surface area is 161 Å². The van der Waals surface area contributed by atoms with E-state index >= 15 is 0 Å². The zero-order valence-electron chi connectivity index (χ0n) is 16.9. The molecule has 2 heteroatoms. The van der Waals surface area contributed by atoms with Gasteiger partial charge in [-0.1, -0.05) is 78.1 Å². The summed E-state index contributed by atoms with van der Waals surface area (Å²) in [7, 11) is 0. The highest BCUT2D eigenvalue weighted by Crippen LogP contribution is 2.21. The SMILES string of the molecule is CCCCCCCCc1cc(C#N)c(CCCCCCCC)cc1C#N. The second-order valence-electron chi connectivity index (χ2n) is 7.43. The second kappa shape index (κ2) is 14.4. The molecule has 0 aliphatic rings. The van der Waals surface area contributed by atoms with Crippen molar-refractivity contribution < 1.29 is 0 Å². The van der Waals surface area contributed by atoms with Gasteiger partial charge in [-0.2, -0.15) is 10.5 Å². The number of benzene rings is 1. The summed E-state index contributed by atoms with van der Waals surface area (Å²) in [6, 6.07) is 8.68. The van der Waals surface area contributed by atoms with E-state index in [1.807, 2.05) is 12.1 Å². The van der Waals surface area contributed by atoms with Gasteiger partial charge in [-0.3, -0.25) is 0 Å². The van der Waals surface area contributed by atoms with Crippen molar-refractivity contribution in [2.45, 2.75) is 104 Å². The van der Waals surface area contributed by atoms with E-state index in [4.69, 9.17) is 0 Å². The fourth-order valence-electron chi connectivity index (χ4n) is 3.50. The lowest BCUT2D eigenvalue weighted by Crippen LogP contribution is -1.99. The van der Waals surface area contributed by atoms with E-state index in [0.717, 1.165) is 47.9 Å². The highest BCUT2D eigenvalue weighted by Gasteiger charge is 2.10. The molecule has 1 rings (SSSR count). The standard InChI is InChI=1S/C24H36N2/c1-3-5-7-9-11-13-15-21-17-24(20-26)22(18-23(21)19-25)16-14-12-10-8-6-4-2/h17-18H,3-16H2,1-2H3.